The second kappa shape index (κ2) is 5.52. The third-order valence-corrected chi connectivity index (χ3v) is 2.97. The van der Waals surface area contributed by atoms with Crippen LogP contribution in [0.4, 0.5) is 11.4 Å². The summed E-state index contributed by atoms with van der Waals surface area (Å²) in [7, 11) is 1.78. The molecule has 0 saturated heterocycles. The summed E-state index contributed by atoms with van der Waals surface area (Å²) in [6.07, 6.45) is 3.21. The monoisotopic (exact) mass is 255 g/mol. The van der Waals surface area contributed by atoms with Crippen LogP contribution in [-0.4, -0.2) is 17.9 Å². The highest BCUT2D eigenvalue weighted by Crippen LogP contribution is 2.19. The summed E-state index contributed by atoms with van der Waals surface area (Å²) in [4.78, 5) is 16.2. The molecule has 0 spiro atoms. The molecule has 1 aromatic carbocycles. The lowest BCUT2D eigenvalue weighted by Crippen LogP contribution is -2.15. The van der Waals surface area contributed by atoms with E-state index < -0.39 is 0 Å². The molecule has 4 heteroatoms. The van der Waals surface area contributed by atoms with E-state index in [1.165, 1.54) is 5.56 Å². The number of aryl methyl sites for hydroxylation is 2. The first-order chi connectivity index (χ1) is 9.11. The van der Waals surface area contributed by atoms with Crippen LogP contribution in [0.5, 0.6) is 0 Å². The number of hydrogen-bond acceptors (Lipinski definition) is 3. The van der Waals surface area contributed by atoms with E-state index in [0.29, 0.717) is 5.56 Å². The van der Waals surface area contributed by atoms with Crippen molar-refractivity contribution in [3.8, 4) is 0 Å². The molecule has 0 aliphatic rings. The van der Waals surface area contributed by atoms with Crippen molar-refractivity contribution in [1.82, 2.24) is 4.98 Å². The number of hydrogen-bond donors (Lipinski definition) is 2. The van der Waals surface area contributed by atoms with Crippen LogP contribution in [0.15, 0.2) is 36.7 Å². The van der Waals surface area contributed by atoms with Crippen LogP contribution in [-0.2, 0) is 0 Å². The highest BCUT2D eigenvalue weighted by Gasteiger charge is 2.11. The quantitative estimate of drug-likeness (QED) is 0.886. The van der Waals surface area contributed by atoms with E-state index >= 15 is 0 Å². The van der Waals surface area contributed by atoms with Crippen molar-refractivity contribution in [2.24, 2.45) is 0 Å². The molecule has 1 aromatic heterocycles. The van der Waals surface area contributed by atoms with Crippen molar-refractivity contribution in [2.75, 3.05) is 17.7 Å². The molecule has 0 atom stereocenters. The molecule has 1 heterocycles. The van der Waals surface area contributed by atoms with Crippen LogP contribution in [0.3, 0.4) is 0 Å². The van der Waals surface area contributed by atoms with Crippen molar-refractivity contribution in [1.29, 1.82) is 0 Å². The van der Waals surface area contributed by atoms with Gasteiger partial charge in [0.25, 0.3) is 5.91 Å². The molecule has 0 aliphatic carbocycles. The fraction of sp³-hybridized carbons (Fsp3) is 0.200. The zero-order valence-electron chi connectivity index (χ0n) is 11.3. The van der Waals surface area contributed by atoms with Crippen molar-refractivity contribution in [3.63, 3.8) is 0 Å². The van der Waals surface area contributed by atoms with Gasteiger partial charge in [-0.3, -0.25) is 9.78 Å². The third-order valence-electron chi connectivity index (χ3n) is 2.97. The summed E-state index contributed by atoms with van der Waals surface area (Å²) in [5.74, 6) is -0.163. The summed E-state index contributed by atoms with van der Waals surface area (Å²) >= 11 is 0. The summed E-state index contributed by atoms with van der Waals surface area (Å²) < 4.78 is 0. The second-order valence-electron chi connectivity index (χ2n) is 4.44. The first-order valence-corrected chi connectivity index (χ1v) is 6.12. The number of pyridine rings is 1. The second-order valence-corrected chi connectivity index (χ2v) is 4.44. The maximum absolute atomic E-state index is 12.2. The van der Waals surface area contributed by atoms with Crippen molar-refractivity contribution >= 4 is 17.3 Å². The van der Waals surface area contributed by atoms with Gasteiger partial charge < -0.3 is 10.6 Å². The molecule has 19 heavy (non-hydrogen) atoms. The Morgan fingerprint density at radius 2 is 1.95 bits per heavy atom. The van der Waals surface area contributed by atoms with Gasteiger partial charge in [0, 0.05) is 30.8 Å². The highest BCUT2D eigenvalue weighted by atomic mass is 16.1. The lowest BCUT2D eigenvalue weighted by molar-refractivity contribution is 0.102. The third kappa shape index (κ3) is 2.91. The van der Waals surface area contributed by atoms with Crippen molar-refractivity contribution < 1.29 is 4.79 Å². The molecule has 2 aromatic rings. The molecule has 0 bridgehead atoms. The average molecular weight is 255 g/mol. The number of rotatable bonds is 3. The lowest BCUT2D eigenvalue weighted by atomic mass is 10.1. The largest absolute Gasteiger partial charge is 0.387 e. The number of anilines is 2. The minimum atomic E-state index is -0.163. The molecular formula is C15H17N3O. The Balaban J connectivity index is 2.26. The van der Waals surface area contributed by atoms with Crippen LogP contribution < -0.4 is 10.6 Å². The molecule has 0 aliphatic heterocycles. The van der Waals surface area contributed by atoms with E-state index in [1.54, 1.807) is 25.5 Å². The Bertz CT molecular complexity index is 608. The first-order valence-electron chi connectivity index (χ1n) is 6.12. The van der Waals surface area contributed by atoms with Gasteiger partial charge in [0.1, 0.15) is 0 Å². The normalized spacial score (nSPS) is 10.1. The van der Waals surface area contributed by atoms with E-state index in [4.69, 9.17) is 0 Å². The number of aromatic nitrogens is 1. The Labute approximate surface area is 112 Å². The van der Waals surface area contributed by atoms with Gasteiger partial charge in [-0.25, -0.2) is 0 Å². The summed E-state index contributed by atoms with van der Waals surface area (Å²) in [6, 6.07) is 7.71. The molecule has 0 unspecified atom stereocenters. The van der Waals surface area contributed by atoms with Gasteiger partial charge in [0.2, 0.25) is 0 Å². The predicted octanol–water partition coefficient (Wildman–Crippen LogP) is 2.99. The number of nitrogens with one attached hydrogen (secondary N) is 2. The van der Waals surface area contributed by atoms with Crippen LogP contribution >= 0.6 is 0 Å². The number of carbonyl (C=O) groups excluding carboxylic acids is 1. The van der Waals surface area contributed by atoms with Gasteiger partial charge in [-0.2, -0.15) is 0 Å². The van der Waals surface area contributed by atoms with Gasteiger partial charge in [0.05, 0.1) is 5.56 Å². The average Bonchev–Trinajstić information content (AvgIpc) is 2.41. The van der Waals surface area contributed by atoms with E-state index in [0.717, 1.165) is 16.9 Å². The SMILES string of the molecule is CNc1ccncc1C(=O)Nc1ccc(C)cc1C. The summed E-state index contributed by atoms with van der Waals surface area (Å²) in [5, 5.41) is 5.89. The van der Waals surface area contributed by atoms with E-state index in [1.807, 2.05) is 32.0 Å². The molecule has 98 valence electrons. The molecule has 4 nitrogen and oxygen atoms in total. The molecule has 2 rings (SSSR count). The van der Waals surface area contributed by atoms with Gasteiger partial charge in [-0.05, 0) is 31.5 Å². The minimum Gasteiger partial charge on any atom is -0.387 e. The number of nitrogens with zero attached hydrogens (tertiary/aromatic N) is 1. The Hall–Kier alpha value is -2.36. The maximum Gasteiger partial charge on any atom is 0.259 e. The van der Waals surface area contributed by atoms with Gasteiger partial charge in [-0.1, -0.05) is 17.7 Å². The van der Waals surface area contributed by atoms with Crippen molar-refractivity contribution in [2.45, 2.75) is 13.8 Å². The van der Waals surface area contributed by atoms with Crippen LogP contribution in [0.2, 0.25) is 0 Å². The highest BCUT2D eigenvalue weighted by molar-refractivity contribution is 6.08. The fourth-order valence-electron chi connectivity index (χ4n) is 1.94. The molecule has 2 N–H and O–H groups in total. The van der Waals surface area contributed by atoms with Crippen LogP contribution in [0.1, 0.15) is 21.5 Å². The fourth-order valence-corrected chi connectivity index (χ4v) is 1.94. The standard InChI is InChI=1S/C15H17N3O/c1-10-4-5-13(11(2)8-10)18-15(19)12-9-17-7-6-14(12)16-3/h4-9H,1-3H3,(H,16,17)(H,18,19). The van der Waals surface area contributed by atoms with Gasteiger partial charge in [0.15, 0.2) is 0 Å². The predicted molar refractivity (Wildman–Crippen MR) is 77.7 cm³/mol. The lowest BCUT2D eigenvalue weighted by Gasteiger charge is -2.11. The number of amides is 1. The maximum atomic E-state index is 12.2. The molecule has 0 fully saturated rings. The molecule has 1 amide bonds. The molecule has 0 radical (unpaired) electrons. The smallest absolute Gasteiger partial charge is 0.259 e. The molecular weight excluding hydrogens is 238 g/mol. The van der Waals surface area contributed by atoms with Crippen LogP contribution in [0.25, 0.3) is 0 Å². The zero-order valence-corrected chi connectivity index (χ0v) is 11.3. The van der Waals surface area contributed by atoms with Crippen LogP contribution in [0, 0.1) is 13.8 Å². The summed E-state index contributed by atoms with van der Waals surface area (Å²) in [6.45, 7) is 4.00. The zero-order chi connectivity index (χ0) is 13.8. The Kier molecular flexibility index (Phi) is 3.80. The minimum absolute atomic E-state index is 0.163. The van der Waals surface area contributed by atoms with Gasteiger partial charge in [-0.15, -0.1) is 0 Å². The van der Waals surface area contributed by atoms with E-state index in [-0.39, 0.29) is 5.91 Å². The van der Waals surface area contributed by atoms with E-state index in [9.17, 15) is 4.79 Å². The Morgan fingerprint density at radius 1 is 1.16 bits per heavy atom. The van der Waals surface area contributed by atoms with E-state index in [2.05, 4.69) is 15.6 Å². The number of carbonyl (C=O) groups is 1. The number of benzene rings is 1. The first kappa shape index (κ1) is 13.1. The summed E-state index contributed by atoms with van der Waals surface area (Å²) in [5.41, 5.74) is 4.33. The topological polar surface area (TPSA) is 54.0 Å². The van der Waals surface area contributed by atoms with Crippen molar-refractivity contribution in [3.05, 3.63) is 53.3 Å². The molecule has 0 saturated carbocycles. The Morgan fingerprint density at radius 3 is 2.63 bits per heavy atom. The van der Waals surface area contributed by atoms with Gasteiger partial charge >= 0.3 is 0 Å².